The van der Waals surface area contributed by atoms with E-state index in [0.717, 1.165) is 25.1 Å². The van der Waals surface area contributed by atoms with E-state index in [1.54, 1.807) is 6.07 Å². The second kappa shape index (κ2) is 4.92. The van der Waals surface area contributed by atoms with Crippen LogP contribution in [0.1, 0.15) is 19.8 Å². The predicted molar refractivity (Wildman–Crippen MR) is 57.1 cm³/mol. The van der Waals surface area contributed by atoms with Crippen LogP contribution in [0.4, 0.5) is 11.5 Å². The van der Waals surface area contributed by atoms with Crippen molar-refractivity contribution in [3.8, 4) is 0 Å². The lowest BCUT2D eigenvalue weighted by Crippen LogP contribution is -2.04. The van der Waals surface area contributed by atoms with E-state index in [2.05, 4.69) is 17.2 Å². The minimum Gasteiger partial charge on any atom is -0.382 e. The minimum absolute atomic E-state index is 0.429. The number of nitrogen functional groups attached to an aromatic ring is 1. The predicted octanol–water partition coefficient (Wildman–Crippen LogP) is 2.53. The molecule has 4 heteroatoms. The van der Waals surface area contributed by atoms with Gasteiger partial charge in [0.2, 0.25) is 0 Å². The number of halogens is 1. The molecule has 13 heavy (non-hydrogen) atoms. The van der Waals surface area contributed by atoms with E-state index >= 15 is 0 Å². The van der Waals surface area contributed by atoms with E-state index in [0.29, 0.717) is 11.0 Å². The van der Waals surface area contributed by atoms with Gasteiger partial charge in [-0.15, -0.1) is 0 Å². The Morgan fingerprint density at radius 1 is 1.54 bits per heavy atom. The summed E-state index contributed by atoms with van der Waals surface area (Å²) in [5.74, 6) is 0.462. The minimum atomic E-state index is 0.429. The summed E-state index contributed by atoms with van der Waals surface area (Å²) in [5, 5.41) is 3.62. The van der Waals surface area contributed by atoms with Crippen molar-refractivity contribution in [3.63, 3.8) is 0 Å². The highest BCUT2D eigenvalue weighted by molar-refractivity contribution is 6.29. The first-order valence-electron chi connectivity index (χ1n) is 4.40. The standard InChI is InChI=1S/C9H14ClN3/c1-2-3-6-12-7-4-5-8(10)13-9(7)11/h4-5,12H,2-3,6H2,1H3,(H2,11,13). The summed E-state index contributed by atoms with van der Waals surface area (Å²) >= 11 is 5.66. The number of aromatic nitrogens is 1. The third-order valence-corrected chi connectivity index (χ3v) is 1.95. The van der Waals surface area contributed by atoms with Gasteiger partial charge < -0.3 is 11.1 Å². The first-order chi connectivity index (χ1) is 6.24. The van der Waals surface area contributed by atoms with E-state index in [1.807, 2.05) is 6.07 Å². The molecule has 3 nitrogen and oxygen atoms in total. The van der Waals surface area contributed by atoms with Gasteiger partial charge in [0.1, 0.15) is 11.0 Å². The highest BCUT2D eigenvalue weighted by Gasteiger charge is 1.99. The zero-order valence-corrected chi connectivity index (χ0v) is 8.43. The Hall–Kier alpha value is -0.960. The maximum atomic E-state index is 5.66. The second-order valence-electron chi connectivity index (χ2n) is 2.85. The highest BCUT2D eigenvalue weighted by atomic mass is 35.5. The first-order valence-corrected chi connectivity index (χ1v) is 4.77. The van der Waals surface area contributed by atoms with Crippen LogP contribution >= 0.6 is 11.6 Å². The maximum absolute atomic E-state index is 5.66. The molecule has 0 spiro atoms. The van der Waals surface area contributed by atoms with Gasteiger partial charge in [0.05, 0.1) is 5.69 Å². The average Bonchev–Trinajstić information content (AvgIpc) is 2.09. The van der Waals surface area contributed by atoms with Crippen LogP contribution in [-0.4, -0.2) is 11.5 Å². The monoisotopic (exact) mass is 199 g/mol. The summed E-state index contributed by atoms with van der Waals surface area (Å²) < 4.78 is 0. The Balaban J connectivity index is 2.56. The van der Waals surface area contributed by atoms with E-state index in [1.165, 1.54) is 0 Å². The first kappa shape index (κ1) is 10.1. The highest BCUT2D eigenvalue weighted by Crippen LogP contribution is 2.18. The molecule has 0 unspecified atom stereocenters. The fourth-order valence-electron chi connectivity index (χ4n) is 0.999. The number of hydrogen-bond donors (Lipinski definition) is 2. The van der Waals surface area contributed by atoms with Crippen molar-refractivity contribution in [1.29, 1.82) is 0 Å². The molecule has 0 saturated carbocycles. The zero-order valence-electron chi connectivity index (χ0n) is 7.68. The number of pyridine rings is 1. The van der Waals surface area contributed by atoms with Gasteiger partial charge in [-0.2, -0.15) is 0 Å². The van der Waals surface area contributed by atoms with Crippen molar-refractivity contribution < 1.29 is 0 Å². The van der Waals surface area contributed by atoms with Crippen LogP contribution in [0.2, 0.25) is 5.15 Å². The molecule has 1 heterocycles. The maximum Gasteiger partial charge on any atom is 0.148 e. The van der Waals surface area contributed by atoms with Gasteiger partial charge in [-0.05, 0) is 18.6 Å². The van der Waals surface area contributed by atoms with Gasteiger partial charge in [-0.1, -0.05) is 24.9 Å². The summed E-state index contributed by atoms with van der Waals surface area (Å²) in [6, 6.07) is 3.58. The molecule has 1 aromatic heterocycles. The molecule has 0 amide bonds. The van der Waals surface area contributed by atoms with E-state index < -0.39 is 0 Å². The van der Waals surface area contributed by atoms with Crippen molar-refractivity contribution in [3.05, 3.63) is 17.3 Å². The average molecular weight is 200 g/mol. The van der Waals surface area contributed by atoms with Crippen molar-refractivity contribution in [1.82, 2.24) is 4.98 Å². The van der Waals surface area contributed by atoms with Crippen molar-refractivity contribution in [2.45, 2.75) is 19.8 Å². The van der Waals surface area contributed by atoms with Crippen LogP contribution in [0.3, 0.4) is 0 Å². The molecule has 0 fully saturated rings. The molecule has 0 aromatic carbocycles. The van der Waals surface area contributed by atoms with Crippen molar-refractivity contribution in [2.75, 3.05) is 17.6 Å². The Morgan fingerprint density at radius 2 is 2.31 bits per heavy atom. The number of hydrogen-bond acceptors (Lipinski definition) is 3. The molecule has 0 bridgehead atoms. The van der Waals surface area contributed by atoms with Crippen molar-refractivity contribution >= 4 is 23.1 Å². The van der Waals surface area contributed by atoms with Crippen LogP contribution < -0.4 is 11.1 Å². The Labute approximate surface area is 83.3 Å². The molecule has 3 N–H and O–H groups in total. The van der Waals surface area contributed by atoms with Crippen LogP contribution in [0, 0.1) is 0 Å². The molecular formula is C9H14ClN3. The summed E-state index contributed by atoms with van der Waals surface area (Å²) in [6.45, 7) is 3.06. The molecule has 72 valence electrons. The second-order valence-corrected chi connectivity index (χ2v) is 3.23. The summed E-state index contributed by atoms with van der Waals surface area (Å²) in [5.41, 5.74) is 6.50. The molecular weight excluding hydrogens is 186 g/mol. The quantitative estimate of drug-likeness (QED) is 0.579. The Kier molecular flexibility index (Phi) is 3.83. The number of nitrogens with two attached hydrogens (primary N) is 1. The molecule has 0 aliphatic heterocycles. The molecule has 1 rings (SSSR count). The number of anilines is 2. The molecule has 1 aromatic rings. The van der Waals surface area contributed by atoms with Crippen molar-refractivity contribution in [2.24, 2.45) is 0 Å². The van der Waals surface area contributed by atoms with Crippen LogP contribution in [-0.2, 0) is 0 Å². The fourth-order valence-corrected chi connectivity index (χ4v) is 1.15. The van der Waals surface area contributed by atoms with Crippen LogP contribution in [0.25, 0.3) is 0 Å². The lowest BCUT2D eigenvalue weighted by atomic mass is 10.3. The normalized spacial score (nSPS) is 10.0. The van der Waals surface area contributed by atoms with Gasteiger partial charge in [-0.3, -0.25) is 0 Å². The molecule has 0 aliphatic carbocycles. The zero-order chi connectivity index (χ0) is 9.68. The van der Waals surface area contributed by atoms with Crippen LogP contribution in [0.5, 0.6) is 0 Å². The third kappa shape index (κ3) is 3.11. The fraction of sp³-hybridized carbons (Fsp3) is 0.444. The summed E-state index contributed by atoms with van der Waals surface area (Å²) in [6.07, 6.45) is 2.29. The lowest BCUT2D eigenvalue weighted by Gasteiger charge is -2.07. The molecule has 0 radical (unpaired) electrons. The molecule has 0 saturated heterocycles. The topological polar surface area (TPSA) is 50.9 Å². The van der Waals surface area contributed by atoms with E-state index in [4.69, 9.17) is 17.3 Å². The largest absolute Gasteiger partial charge is 0.382 e. The molecule has 0 aliphatic rings. The summed E-state index contributed by atoms with van der Waals surface area (Å²) in [4.78, 5) is 3.93. The third-order valence-electron chi connectivity index (χ3n) is 1.74. The smallest absolute Gasteiger partial charge is 0.148 e. The number of nitrogens with one attached hydrogen (secondary N) is 1. The number of nitrogens with zero attached hydrogens (tertiary/aromatic N) is 1. The number of rotatable bonds is 4. The van der Waals surface area contributed by atoms with Crippen LogP contribution in [0.15, 0.2) is 12.1 Å². The van der Waals surface area contributed by atoms with Gasteiger partial charge in [0.15, 0.2) is 0 Å². The van der Waals surface area contributed by atoms with E-state index in [-0.39, 0.29) is 0 Å². The van der Waals surface area contributed by atoms with Gasteiger partial charge in [0, 0.05) is 6.54 Å². The number of unbranched alkanes of at least 4 members (excludes halogenated alkanes) is 1. The SMILES string of the molecule is CCCCNc1ccc(Cl)nc1N. The van der Waals surface area contributed by atoms with Gasteiger partial charge in [0.25, 0.3) is 0 Å². The van der Waals surface area contributed by atoms with Gasteiger partial charge >= 0.3 is 0 Å². The Bertz CT molecular complexity index is 276. The van der Waals surface area contributed by atoms with Gasteiger partial charge in [-0.25, -0.2) is 4.98 Å². The molecule has 0 atom stereocenters. The lowest BCUT2D eigenvalue weighted by molar-refractivity contribution is 0.834. The Morgan fingerprint density at radius 3 is 2.92 bits per heavy atom. The van der Waals surface area contributed by atoms with E-state index in [9.17, 15) is 0 Å². The summed E-state index contributed by atoms with van der Waals surface area (Å²) in [7, 11) is 0.